The van der Waals surface area contributed by atoms with E-state index in [0.29, 0.717) is 28.2 Å². The van der Waals surface area contributed by atoms with Crippen molar-refractivity contribution in [2.45, 2.75) is 30.3 Å². The van der Waals surface area contributed by atoms with Crippen molar-refractivity contribution in [1.29, 1.82) is 0 Å². The number of H-pyrrole nitrogens is 1. The Morgan fingerprint density at radius 2 is 1.77 bits per heavy atom. The molecule has 1 aliphatic heterocycles. The zero-order valence-corrected chi connectivity index (χ0v) is 21.4. The van der Waals surface area contributed by atoms with Crippen LogP contribution in [0.5, 0.6) is 0 Å². The Kier molecular flexibility index (Phi) is 6.29. The van der Waals surface area contributed by atoms with Crippen LogP contribution < -0.4 is 10.7 Å². The summed E-state index contributed by atoms with van der Waals surface area (Å²) in [7, 11) is 0. The number of alkyl halides is 6. The van der Waals surface area contributed by atoms with Gasteiger partial charge in [0, 0.05) is 40.7 Å². The molecule has 0 radical (unpaired) electrons. The first-order valence-corrected chi connectivity index (χ1v) is 12.5. The van der Waals surface area contributed by atoms with E-state index in [2.05, 4.69) is 30.5 Å². The molecule has 0 bridgehead atoms. The molecule has 2 aromatic heterocycles. The second-order valence-electron chi connectivity index (χ2n) is 9.89. The molecule has 3 N–H and O–H groups in total. The zero-order valence-electron chi connectivity index (χ0n) is 21.4. The highest BCUT2D eigenvalue weighted by Gasteiger charge is 2.66. The molecule has 4 aromatic rings. The predicted octanol–water partition coefficient (Wildman–Crippen LogP) is 5.30. The molecule has 3 heterocycles. The third-order valence-electron chi connectivity index (χ3n) is 7.14. The molecule has 6 rings (SSSR count). The Labute approximate surface area is 236 Å². The minimum Gasteiger partial charge on any atom is -0.442 e. The molecule has 9 nitrogen and oxygen atoms in total. The Bertz CT molecular complexity index is 1820. The number of aromatic nitrogens is 2. The molecule has 2 aromatic carbocycles. The number of pyridine rings is 1. The Morgan fingerprint density at radius 3 is 2.42 bits per heavy atom. The molecule has 15 heteroatoms. The van der Waals surface area contributed by atoms with Gasteiger partial charge in [0.1, 0.15) is 5.69 Å². The van der Waals surface area contributed by atoms with E-state index in [1.807, 2.05) is 18.2 Å². The summed E-state index contributed by atoms with van der Waals surface area (Å²) >= 11 is 0. The van der Waals surface area contributed by atoms with Crippen LogP contribution in [0.4, 0.5) is 32.0 Å². The van der Waals surface area contributed by atoms with E-state index in [1.165, 1.54) is 18.3 Å². The fourth-order valence-electron chi connectivity index (χ4n) is 5.07. The Hall–Kier alpha value is -5.21. The molecule has 1 saturated carbocycles. The number of hydrogen-bond donors (Lipinski definition) is 3. The molecule has 1 aliphatic carbocycles. The first-order chi connectivity index (χ1) is 20.3. The van der Waals surface area contributed by atoms with Crippen LogP contribution in [0.15, 0.2) is 65.9 Å². The third kappa shape index (κ3) is 4.96. The smallest absolute Gasteiger partial charge is 0.442 e. The lowest BCUT2D eigenvalue weighted by atomic mass is 10.0. The van der Waals surface area contributed by atoms with E-state index < -0.39 is 53.8 Å². The maximum Gasteiger partial charge on any atom is 0.490 e. The van der Waals surface area contributed by atoms with E-state index in [1.54, 1.807) is 12.1 Å². The highest BCUT2D eigenvalue weighted by molar-refractivity contribution is 6.18. The van der Waals surface area contributed by atoms with Crippen molar-refractivity contribution < 1.29 is 45.5 Å². The van der Waals surface area contributed by atoms with Gasteiger partial charge < -0.3 is 15.0 Å². The normalized spacial score (nSPS) is 19.5. The SMILES string of the molecule is O=C1NN=Cc2c(-c3ccccc3)[nH]c3cc(NC(=O)[C@]4(OC(=O)C(F)(F)F)C[C@H]4c4ccc(C(F)(F)F)nc4)cc1c23. The van der Waals surface area contributed by atoms with Crippen LogP contribution in [0.25, 0.3) is 22.2 Å². The van der Waals surface area contributed by atoms with Gasteiger partial charge in [-0.05, 0) is 29.3 Å². The molecular formula is C28H17F6N5O4. The largest absolute Gasteiger partial charge is 0.490 e. The average molecular weight is 601 g/mol. The quantitative estimate of drug-likeness (QED) is 0.212. The number of aromatic amines is 1. The Morgan fingerprint density at radius 1 is 1.02 bits per heavy atom. The molecule has 2 aliphatic rings. The number of carbonyl (C=O) groups excluding carboxylic acids is 3. The lowest BCUT2D eigenvalue weighted by Gasteiger charge is -2.20. The van der Waals surface area contributed by atoms with Gasteiger partial charge in [-0.1, -0.05) is 36.4 Å². The number of ether oxygens (including phenoxy) is 1. The van der Waals surface area contributed by atoms with E-state index in [4.69, 9.17) is 0 Å². The number of anilines is 1. The number of hydrazone groups is 1. The predicted molar refractivity (Wildman–Crippen MR) is 139 cm³/mol. The van der Waals surface area contributed by atoms with Gasteiger partial charge in [-0.2, -0.15) is 31.4 Å². The first kappa shape index (κ1) is 27.9. The van der Waals surface area contributed by atoms with Gasteiger partial charge in [-0.3, -0.25) is 14.6 Å². The molecule has 1 fully saturated rings. The van der Waals surface area contributed by atoms with Crippen molar-refractivity contribution in [2.24, 2.45) is 5.10 Å². The number of nitrogens with zero attached hydrogens (tertiary/aromatic N) is 2. The van der Waals surface area contributed by atoms with Gasteiger partial charge in [0.15, 0.2) is 5.60 Å². The number of carbonyl (C=O) groups is 3. The van der Waals surface area contributed by atoms with Crippen LogP contribution in [0, 0.1) is 0 Å². The van der Waals surface area contributed by atoms with Crippen molar-refractivity contribution in [3.8, 4) is 11.3 Å². The lowest BCUT2D eigenvalue weighted by molar-refractivity contribution is -0.207. The third-order valence-corrected chi connectivity index (χ3v) is 7.14. The van der Waals surface area contributed by atoms with Crippen molar-refractivity contribution in [3.63, 3.8) is 0 Å². The first-order valence-electron chi connectivity index (χ1n) is 12.5. The minimum absolute atomic E-state index is 0.0319. The van der Waals surface area contributed by atoms with Gasteiger partial charge >= 0.3 is 18.3 Å². The summed E-state index contributed by atoms with van der Waals surface area (Å²) in [5.74, 6) is -5.68. The summed E-state index contributed by atoms with van der Waals surface area (Å²) in [5.41, 5.74) is 1.02. The maximum absolute atomic E-state index is 13.5. The topological polar surface area (TPSA) is 126 Å². The summed E-state index contributed by atoms with van der Waals surface area (Å²) in [5, 5.41) is 6.82. The number of hydrogen-bond acceptors (Lipinski definition) is 6. The van der Waals surface area contributed by atoms with Gasteiger partial charge in [-0.15, -0.1) is 0 Å². The second kappa shape index (κ2) is 9.68. The number of amides is 2. The Balaban J connectivity index is 1.37. The summed E-state index contributed by atoms with van der Waals surface area (Å²) < 4.78 is 83.0. The van der Waals surface area contributed by atoms with Gasteiger partial charge in [0.2, 0.25) is 0 Å². The minimum atomic E-state index is -5.45. The standard InChI is InChI=1S/C28H17F6N5O4/c29-27(30,31)20-7-6-14(11-35-20)18-10-26(18,43-25(42)28(32,33)34)24(41)37-15-8-16-21-17(12-36-39-23(16)40)22(38-19(21)9-15)13-4-2-1-3-5-13/h1-9,11-12,18,38H,10H2,(H,37,41)(H,39,40)/t18-,26-/m0/s1. The van der Waals surface area contributed by atoms with E-state index >= 15 is 0 Å². The summed E-state index contributed by atoms with van der Waals surface area (Å²) in [6, 6.07) is 13.3. The van der Waals surface area contributed by atoms with Crippen LogP contribution in [-0.4, -0.2) is 45.7 Å². The molecule has 220 valence electrons. The van der Waals surface area contributed by atoms with Crippen LogP contribution in [-0.2, 0) is 20.5 Å². The van der Waals surface area contributed by atoms with Crippen molar-refractivity contribution in [1.82, 2.24) is 15.4 Å². The molecule has 2 amide bonds. The maximum atomic E-state index is 13.5. The lowest BCUT2D eigenvalue weighted by Crippen LogP contribution is -2.40. The van der Waals surface area contributed by atoms with Crippen molar-refractivity contribution in [2.75, 3.05) is 5.32 Å². The van der Waals surface area contributed by atoms with Gasteiger partial charge in [0.25, 0.3) is 11.8 Å². The highest BCUT2D eigenvalue weighted by atomic mass is 19.4. The summed E-state index contributed by atoms with van der Waals surface area (Å²) in [6.07, 6.45) is -8.47. The summed E-state index contributed by atoms with van der Waals surface area (Å²) in [6.45, 7) is 0. The van der Waals surface area contributed by atoms with Crippen molar-refractivity contribution in [3.05, 3.63) is 83.2 Å². The van der Waals surface area contributed by atoms with E-state index in [9.17, 15) is 40.7 Å². The van der Waals surface area contributed by atoms with Crippen molar-refractivity contribution >= 4 is 40.6 Å². The number of esters is 1. The fourth-order valence-corrected chi connectivity index (χ4v) is 5.07. The van der Waals surface area contributed by atoms with Crippen LogP contribution in [0.1, 0.15) is 39.5 Å². The zero-order chi connectivity index (χ0) is 30.7. The molecule has 2 atom stereocenters. The number of rotatable bonds is 5. The van der Waals surface area contributed by atoms with Crippen LogP contribution in [0.3, 0.4) is 0 Å². The molecular weight excluding hydrogens is 584 g/mol. The second-order valence-corrected chi connectivity index (χ2v) is 9.89. The van der Waals surface area contributed by atoms with Gasteiger partial charge in [-0.25, -0.2) is 10.2 Å². The fraction of sp³-hybridized carbons (Fsp3) is 0.179. The molecule has 0 spiro atoms. The van der Waals surface area contributed by atoms with E-state index in [0.717, 1.165) is 17.8 Å². The number of benzene rings is 2. The number of nitrogens with one attached hydrogen (secondary N) is 3. The van der Waals surface area contributed by atoms with Crippen LogP contribution in [0.2, 0.25) is 0 Å². The van der Waals surface area contributed by atoms with E-state index in [-0.39, 0.29) is 16.8 Å². The molecule has 0 saturated heterocycles. The highest BCUT2D eigenvalue weighted by Crippen LogP contribution is 2.55. The van der Waals surface area contributed by atoms with Crippen LogP contribution >= 0.6 is 0 Å². The number of halogens is 6. The molecule has 43 heavy (non-hydrogen) atoms. The monoisotopic (exact) mass is 601 g/mol. The summed E-state index contributed by atoms with van der Waals surface area (Å²) in [4.78, 5) is 44.6. The molecule has 0 unspecified atom stereocenters. The average Bonchev–Trinajstić information content (AvgIpc) is 3.61. The van der Waals surface area contributed by atoms with Gasteiger partial charge in [0.05, 0.1) is 17.5 Å².